The molecular weight excluding hydrogens is 314 g/mol. The van der Waals surface area contributed by atoms with Gasteiger partial charge < -0.3 is 19.6 Å². The average Bonchev–Trinajstić information content (AvgIpc) is 2.59. The molecule has 0 bridgehead atoms. The molecule has 2 N–H and O–H groups in total. The highest BCUT2D eigenvalue weighted by atomic mass is 16.5. The molecule has 24 heavy (non-hydrogen) atoms. The van der Waals surface area contributed by atoms with Crippen molar-refractivity contribution >= 4 is 11.9 Å². The van der Waals surface area contributed by atoms with Crippen molar-refractivity contribution in [3.05, 3.63) is 35.5 Å². The Hall–Kier alpha value is -3.21. The van der Waals surface area contributed by atoms with E-state index >= 15 is 0 Å². The topological polar surface area (TPSA) is 110 Å². The Kier molecular flexibility index (Phi) is 7.64. The molecule has 0 heterocycles. The van der Waals surface area contributed by atoms with Crippen molar-refractivity contribution < 1.29 is 23.8 Å². The first-order chi connectivity index (χ1) is 11.6. The number of nitrogens with one attached hydrogen (secondary N) is 2. The van der Waals surface area contributed by atoms with Crippen LogP contribution in [0.15, 0.2) is 30.0 Å². The summed E-state index contributed by atoms with van der Waals surface area (Å²) in [6.07, 6.45) is 1.06. The first kappa shape index (κ1) is 18.8. The summed E-state index contributed by atoms with van der Waals surface area (Å²) in [6, 6.07) is 6.37. The van der Waals surface area contributed by atoms with E-state index < -0.39 is 11.9 Å². The van der Waals surface area contributed by atoms with E-state index in [0.29, 0.717) is 23.7 Å². The highest BCUT2D eigenvalue weighted by Crippen LogP contribution is 2.27. The van der Waals surface area contributed by atoms with Gasteiger partial charge in [-0.2, -0.15) is 5.26 Å². The van der Waals surface area contributed by atoms with Gasteiger partial charge in [-0.3, -0.25) is 10.2 Å². The maximum atomic E-state index is 12.0. The van der Waals surface area contributed by atoms with Crippen LogP contribution in [0.5, 0.6) is 11.5 Å². The van der Waals surface area contributed by atoms with Crippen molar-refractivity contribution in [1.29, 1.82) is 5.26 Å². The minimum Gasteiger partial charge on any atom is -0.493 e. The molecule has 1 rings (SSSR count). The SMILES string of the molecule is CCOC(=O)/C(C#N)=C/NNC(=O)c1ccc(OCC)c(OC)c1. The van der Waals surface area contributed by atoms with Gasteiger partial charge >= 0.3 is 5.97 Å². The molecule has 0 aliphatic rings. The zero-order valence-corrected chi connectivity index (χ0v) is 13.7. The van der Waals surface area contributed by atoms with Crippen molar-refractivity contribution in [1.82, 2.24) is 10.9 Å². The number of hydrogen-bond acceptors (Lipinski definition) is 7. The average molecular weight is 333 g/mol. The molecule has 1 amide bonds. The van der Waals surface area contributed by atoms with Crippen LogP contribution in [0.2, 0.25) is 0 Å². The quantitative estimate of drug-likeness (QED) is 0.319. The van der Waals surface area contributed by atoms with E-state index in [2.05, 4.69) is 10.9 Å². The predicted molar refractivity (Wildman–Crippen MR) is 85.1 cm³/mol. The second-order valence-electron chi connectivity index (χ2n) is 4.29. The number of ether oxygens (including phenoxy) is 3. The molecule has 0 spiro atoms. The number of esters is 1. The van der Waals surface area contributed by atoms with Crippen molar-refractivity contribution in [2.45, 2.75) is 13.8 Å². The summed E-state index contributed by atoms with van der Waals surface area (Å²) in [5.41, 5.74) is 4.79. The van der Waals surface area contributed by atoms with Crippen LogP contribution in [-0.2, 0) is 9.53 Å². The zero-order valence-electron chi connectivity index (χ0n) is 13.7. The molecule has 1 aromatic carbocycles. The summed E-state index contributed by atoms with van der Waals surface area (Å²) < 4.78 is 15.2. The summed E-state index contributed by atoms with van der Waals surface area (Å²) >= 11 is 0. The molecule has 0 saturated heterocycles. The van der Waals surface area contributed by atoms with Crippen LogP contribution < -0.4 is 20.3 Å². The summed E-state index contributed by atoms with van der Waals surface area (Å²) in [5, 5.41) is 8.85. The van der Waals surface area contributed by atoms with Crippen molar-refractivity contribution in [2.75, 3.05) is 20.3 Å². The molecule has 0 atom stereocenters. The number of nitrogens with zero attached hydrogens (tertiary/aromatic N) is 1. The Balaban J connectivity index is 2.75. The first-order valence-corrected chi connectivity index (χ1v) is 7.21. The fraction of sp³-hybridized carbons (Fsp3) is 0.312. The third-order valence-electron chi connectivity index (χ3n) is 2.74. The van der Waals surface area contributed by atoms with Gasteiger partial charge in [0.15, 0.2) is 17.1 Å². The van der Waals surface area contributed by atoms with Gasteiger partial charge in [-0.05, 0) is 32.0 Å². The fourth-order valence-electron chi connectivity index (χ4n) is 1.68. The number of methoxy groups -OCH3 is 1. The minimum absolute atomic E-state index is 0.149. The van der Waals surface area contributed by atoms with Gasteiger partial charge in [0.1, 0.15) is 6.07 Å². The second kappa shape index (κ2) is 9.74. The number of benzene rings is 1. The van der Waals surface area contributed by atoms with Gasteiger partial charge in [0, 0.05) is 11.8 Å². The summed E-state index contributed by atoms with van der Waals surface area (Å²) in [6.45, 7) is 4.09. The number of hydrogen-bond donors (Lipinski definition) is 2. The first-order valence-electron chi connectivity index (χ1n) is 7.21. The standard InChI is InChI=1S/C16H19N3O5/c1-4-23-13-7-6-11(8-14(13)22-3)15(20)19-18-10-12(9-17)16(21)24-5-2/h6-8,10,18H,4-5H2,1-3H3,(H,19,20)/b12-10+. The molecule has 0 aliphatic heterocycles. The maximum absolute atomic E-state index is 12.0. The van der Waals surface area contributed by atoms with E-state index in [9.17, 15) is 9.59 Å². The second-order valence-corrected chi connectivity index (χ2v) is 4.29. The predicted octanol–water partition coefficient (Wildman–Crippen LogP) is 1.30. The molecule has 0 fully saturated rings. The maximum Gasteiger partial charge on any atom is 0.350 e. The van der Waals surface area contributed by atoms with E-state index in [1.165, 1.54) is 13.2 Å². The van der Waals surface area contributed by atoms with Crippen LogP contribution in [0.25, 0.3) is 0 Å². The van der Waals surface area contributed by atoms with Crippen LogP contribution in [0.3, 0.4) is 0 Å². The van der Waals surface area contributed by atoms with Gasteiger partial charge in [0.05, 0.1) is 20.3 Å². The smallest absolute Gasteiger partial charge is 0.350 e. The molecule has 0 unspecified atom stereocenters. The van der Waals surface area contributed by atoms with Crippen LogP contribution in [-0.4, -0.2) is 32.2 Å². The lowest BCUT2D eigenvalue weighted by molar-refractivity contribution is -0.138. The molecule has 8 heteroatoms. The molecule has 8 nitrogen and oxygen atoms in total. The Labute approximate surface area is 140 Å². The van der Waals surface area contributed by atoms with Crippen molar-refractivity contribution in [2.24, 2.45) is 0 Å². The molecule has 0 saturated carbocycles. The molecule has 1 aromatic rings. The van der Waals surface area contributed by atoms with Crippen LogP contribution >= 0.6 is 0 Å². The van der Waals surface area contributed by atoms with Crippen LogP contribution in [0.4, 0.5) is 0 Å². The Morgan fingerprint density at radius 1 is 1.25 bits per heavy atom. The molecule has 128 valence electrons. The summed E-state index contributed by atoms with van der Waals surface area (Å²) in [5.74, 6) is -0.305. The number of rotatable bonds is 8. The molecular formula is C16H19N3O5. The number of hydrazine groups is 1. The number of carbonyl (C=O) groups excluding carboxylic acids is 2. The Morgan fingerprint density at radius 2 is 2.00 bits per heavy atom. The fourth-order valence-corrected chi connectivity index (χ4v) is 1.68. The highest BCUT2D eigenvalue weighted by Gasteiger charge is 2.12. The number of carbonyl (C=O) groups is 2. The van der Waals surface area contributed by atoms with Crippen molar-refractivity contribution in [3.8, 4) is 17.6 Å². The largest absolute Gasteiger partial charge is 0.493 e. The molecule has 0 radical (unpaired) electrons. The number of nitriles is 1. The lowest BCUT2D eigenvalue weighted by atomic mass is 10.2. The van der Waals surface area contributed by atoms with E-state index in [0.717, 1.165) is 6.20 Å². The third-order valence-corrected chi connectivity index (χ3v) is 2.74. The molecule has 0 aromatic heterocycles. The molecule has 0 aliphatic carbocycles. The van der Waals surface area contributed by atoms with Gasteiger partial charge in [0.2, 0.25) is 0 Å². The van der Waals surface area contributed by atoms with Gasteiger partial charge in [-0.1, -0.05) is 0 Å². The number of amides is 1. The highest BCUT2D eigenvalue weighted by molar-refractivity contribution is 5.95. The lowest BCUT2D eigenvalue weighted by Crippen LogP contribution is -2.34. The minimum atomic E-state index is -0.774. The van der Waals surface area contributed by atoms with E-state index in [-0.39, 0.29) is 12.2 Å². The monoisotopic (exact) mass is 333 g/mol. The van der Waals surface area contributed by atoms with E-state index in [4.69, 9.17) is 19.5 Å². The van der Waals surface area contributed by atoms with Crippen LogP contribution in [0.1, 0.15) is 24.2 Å². The Morgan fingerprint density at radius 3 is 2.58 bits per heavy atom. The zero-order chi connectivity index (χ0) is 17.9. The van der Waals surface area contributed by atoms with Gasteiger partial charge in [-0.25, -0.2) is 4.79 Å². The normalized spacial score (nSPS) is 10.3. The Bertz CT molecular complexity index is 664. The van der Waals surface area contributed by atoms with Gasteiger partial charge in [0.25, 0.3) is 5.91 Å². The van der Waals surface area contributed by atoms with E-state index in [1.54, 1.807) is 25.1 Å². The van der Waals surface area contributed by atoms with Crippen LogP contribution in [0, 0.1) is 11.3 Å². The van der Waals surface area contributed by atoms with E-state index in [1.807, 2.05) is 6.92 Å². The van der Waals surface area contributed by atoms with Crippen molar-refractivity contribution in [3.63, 3.8) is 0 Å². The third kappa shape index (κ3) is 5.21. The van der Waals surface area contributed by atoms with Gasteiger partial charge in [-0.15, -0.1) is 0 Å². The summed E-state index contributed by atoms with van der Waals surface area (Å²) in [7, 11) is 1.47. The summed E-state index contributed by atoms with van der Waals surface area (Å²) in [4.78, 5) is 23.5. The lowest BCUT2D eigenvalue weighted by Gasteiger charge is -2.11.